The lowest BCUT2D eigenvalue weighted by Gasteiger charge is -2.40. The van der Waals surface area contributed by atoms with Crippen LogP contribution in [0.25, 0.3) is 0 Å². The van der Waals surface area contributed by atoms with E-state index in [0.29, 0.717) is 19.4 Å². The fourth-order valence-corrected chi connectivity index (χ4v) is 9.20. The number of rotatable bonds is 31. The summed E-state index contributed by atoms with van der Waals surface area (Å²) in [5, 5.41) is 8.52. The molecule has 1 fully saturated rings. The van der Waals surface area contributed by atoms with E-state index in [4.69, 9.17) is 23.9 Å². The number of likely N-dealkylation sites (N-methyl/N-ethyl adjacent to an activating group) is 1. The van der Waals surface area contributed by atoms with Crippen LogP contribution in [0.15, 0.2) is 47.5 Å². The van der Waals surface area contributed by atoms with E-state index in [-0.39, 0.29) is 107 Å². The number of nitrogens with one attached hydrogen (secondary N) is 3. The van der Waals surface area contributed by atoms with Gasteiger partial charge in [0.25, 0.3) is 11.8 Å². The zero-order chi connectivity index (χ0) is 52.8. The predicted octanol–water partition coefficient (Wildman–Crippen LogP) is 2.86. The van der Waals surface area contributed by atoms with Crippen molar-refractivity contribution in [3.8, 4) is 0 Å². The van der Waals surface area contributed by atoms with Crippen molar-refractivity contribution in [2.45, 2.75) is 123 Å². The fourth-order valence-electron chi connectivity index (χ4n) is 9.20. The van der Waals surface area contributed by atoms with E-state index in [9.17, 15) is 33.6 Å². The maximum absolute atomic E-state index is 14.4. The van der Waals surface area contributed by atoms with Crippen LogP contribution in [0.5, 0.6) is 0 Å². The molecule has 1 aromatic carbocycles. The first-order valence-corrected chi connectivity index (χ1v) is 25.2. The van der Waals surface area contributed by atoms with Crippen LogP contribution in [0.2, 0.25) is 0 Å². The molecule has 0 radical (unpaired) electrons. The second-order valence-electron chi connectivity index (χ2n) is 19.3. The van der Waals surface area contributed by atoms with Gasteiger partial charge in [-0.25, -0.2) is 0 Å². The maximum atomic E-state index is 14.4. The molecule has 8 atom stereocenters. The van der Waals surface area contributed by atoms with Crippen LogP contribution in [0.4, 0.5) is 0 Å². The molecular weight excluding hydrogens is 913 g/mol. The number of carbonyl (C=O) groups excluding carboxylic acids is 7. The van der Waals surface area contributed by atoms with Gasteiger partial charge in [0.1, 0.15) is 17.9 Å². The molecule has 0 aliphatic carbocycles. The number of carbonyl (C=O) groups is 7. The van der Waals surface area contributed by atoms with Gasteiger partial charge in [-0.3, -0.25) is 43.5 Å². The number of methoxy groups -OCH3 is 2. The molecule has 2 aliphatic rings. The quantitative estimate of drug-likeness (QED) is 0.0424. The van der Waals surface area contributed by atoms with Crippen LogP contribution >= 0.6 is 0 Å². The second-order valence-corrected chi connectivity index (χ2v) is 19.3. The summed E-state index contributed by atoms with van der Waals surface area (Å²) in [7, 11) is 8.76. The average molecular weight is 997 g/mol. The Morgan fingerprint density at radius 3 is 2.00 bits per heavy atom. The van der Waals surface area contributed by atoms with Crippen LogP contribution in [-0.2, 0) is 58.9 Å². The molecule has 1 saturated heterocycles. The van der Waals surface area contributed by atoms with Crippen molar-refractivity contribution in [2.75, 3.05) is 88.0 Å². The van der Waals surface area contributed by atoms with Crippen molar-refractivity contribution in [1.29, 1.82) is 0 Å². The molecule has 0 aromatic heterocycles. The molecule has 2 heterocycles. The first kappa shape index (κ1) is 60.1. The first-order valence-electron chi connectivity index (χ1n) is 25.2. The molecule has 0 saturated carbocycles. The summed E-state index contributed by atoms with van der Waals surface area (Å²) >= 11 is 0. The molecular formula is C52H84N8O11. The lowest BCUT2D eigenvalue weighted by Crippen LogP contribution is -2.55. The first-order chi connectivity index (χ1) is 33.8. The molecule has 19 heteroatoms. The Morgan fingerprint density at radius 1 is 0.831 bits per heavy atom. The van der Waals surface area contributed by atoms with Crippen molar-refractivity contribution < 1.29 is 52.5 Å². The van der Waals surface area contributed by atoms with Gasteiger partial charge in [-0.15, -0.1) is 0 Å². The molecule has 0 bridgehead atoms. The highest BCUT2D eigenvalue weighted by Crippen LogP contribution is 2.30. The maximum Gasteiger partial charge on any atom is 0.253 e. The smallest absolute Gasteiger partial charge is 0.253 e. The minimum absolute atomic E-state index is 0.00438. The van der Waals surface area contributed by atoms with Crippen molar-refractivity contribution in [2.24, 2.45) is 28.7 Å². The van der Waals surface area contributed by atoms with E-state index in [2.05, 4.69) is 43.6 Å². The van der Waals surface area contributed by atoms with Gasteiger partial charge < -0.3 is 49.6 Å². The van der Waals surface area contributed by atoms with Crippen LogP contribution < -0.4 is 16.0 Å². The summed E-state index contributed by atoms with van der Waals surface area (Å²) in [6.45, 7) is 15.8. The number of amidine groups is 1. The minimum atomic E-state index is -0.918. The van der Waals surface area contributed by atoms with E-state index in [1.54, 1.807) is 30.9 Å². The molecule has 1 aromatic rings. The zero-order valence-corrected chi connectivity index (χ0v) is 44.4. The number of nitrogens with zero attached hydrogens (tertiary/aromatic N) is 5. The highest BCUT2D eigenvalue weighted by Gasteiger charge is 2.43. The van der Waals surface area contributed by atoms with Gasteiger partial charge >= 0.3 is 0 Å². The summed E-state index contributed by atoms with van der Waals surface area (Å²) in [6, 6.07) is 7.01. The summed E-state index contributed by atoms with van der Waals surface area (Å²) in [5.41, 5.74) is 0.854. The molecule has 398 valence electrons. The number of ether oxygens (including phenoxy) is 4. The van der Waals surface area contributed by atoms with Crippen molar-refractivity contribution >= 4 is 47.2 Å². The third kappa shape index (κ3) is 18.4. The van der Waals surface area contributed by atoms with Crippen molar-refractivity contribution in [1.82, 2.24) is 35.6 Å². The van der Waals surface area contributed by atoms with Crippen molar-refractivity contribution in [3.63, 3.8) is 0 Å². The van der Waals surface area contributed by atoms with Crippen LogP contribution in [0, 0.1) is 23.7 Å². The Kier molecular flexibility index (Phi) is 25.9. The number of hydrogen-bond donors (Lipinski definition) is 3. The molecule has 71 heavy (non-hydrogen) atoms. The molecule has 0 unspecified atom stereocenters. The predicted molar refractivity (Wildman–Crippen MR) is 271 cm³/mol. The number of hydrogen-bond acceptors (Lipinski definition) is 12. The Morgan fingerprint density at radius 2 is 1.45 bits per heavy atom. The molecule has 2 aliphatic heterocycles. The highest BCUT2D eigenvalue weighted by molar-refractivity contribution is 6.13. The number of aliphatic imine (C=N–C) groups is 1. The van der Waals surface area contributed by atoms with Gasteiger partial charge in [-0.1, -0.05) is 85.2 Å². The van der Waals surface area contributed by atoms with E-state index < -0.39 is 60.0 Å². The van der Waals surface area contributed by atoms with Gasteiger partial charge in [-0.2, -0.15) is 0 Å². The monoisotopic (exact) mass is 997 g/mol. The zero-order valence-electron chi connectivity index (χ0n) is 44.4. The number of amides is 7. The van der Waals surface area contributed by atoms with E-state index in [1.165, 1.54) is 19.3 Å². The highest BCUT2D eigenvalue weighted by atomic mass is 16.5. The third-order valence-corrected chi connectivity index (χ3v) is 13.3. The average Bonchev–Trinajstić information content (AvgIpc) is 3.95. The molecule has 3 N–H and O–H groups in total. The molecule has 19 nitrogen and oxygen atoms in total. The number of imide groups is 1. The van der Waals surface area contributed by atoms with Gasteiger partial charge in [0.2, 0.25) is 29.5 Å². The standard InChI is InChI=1S/C52H84N8O11/c1-13-36(6)47(58(10)52(67)46(34(2)3)56-49(35(4)5)57(8)9)41(68-11)33-45(64)59-26-17-20-40(59)48(69-12)37(7)50(65)55-39(32-38-18-15-14-16-19-38)51(66)54-25-29-71-31-30-70-28-24-53-42(61)23-27-60-43(62)21-22-44(60)63/h14-16,18-19,21-22,34-37,39-41,46-48H,13,17,20,23-33H2,1-12H3,(H,53,61)(H,54,66)(H,55,65)/b56-49+/t36-,37+,39-,40-,41+,46-,47-,48+/m0/s1. The second kappa shape index (κ2) is 30.6. The third-order valence-electron chi connectivity index (χ3n) is 13.3. The van der Waals surface area contributed by atoms with Crippen molar-refractivity contribution in [3.05, 3.63) is 48.0 Å². The van der Waals surface area contributed by atoms with E-state index in [1.807, 2.05) is 63.2 Å². The van der Waals surface area contributed by atoms with Crippen LogP contribution in [0.1, 0.15) is 86.1 Å². The summed E-state index contributed by atoms with van der Waals surface area (Å²) < 4.78 is 23.3. The van der Waals surface area contributed by atoms with E-state index in [0.717, 1.165) is 22.7 Å². The number of likely N-dealkylation sites (tertiary alicyclic amines) is 1. The topological polar surface area (TPSA) is 218 Å². The lowest BCUT2D eigenvalue weighted by atomic mass is 9.89. The fraction of sp³-hybridized carbons (Fsp3) is 0.692. The summed E-state index contributed by atoms with van der Waals surface area (Å²) in [6.07, 6.45) is 3.38. The van der Waals surface area contributed by atoms with Gasteiger partial charge in [-0.05, 0) is 30.2 Å². The van der Waals surface area contributed by atoms with Gasteiger partial charge in [0.15, 0.2) is 0 Å². The Bertz CT molecular complexity index is 1920. The SMILES string of the molecule is CC[C@H](C)[C@@H]([C@@H](CC(=O)N1CCC[C@H]1[C@H](OC)[C@@H](C)C(=O)N[C@@H](Cc1ccccc1)C(=O)NCCOCCOCCNC(=O)CCN1C(=O)C=CC1=O)OC)N(C)C(=O)[C@@H](/N=C(\C(C)C)N(C)C)C(C)C. The van der Waals surface area contributed by atoms with Crippen LogP contribution in [-0.4, -0.2) is 191 Å². The summed E-state index contributed by atoms with van der Waals surface area (Å²) in [5.74, 6) is -2.11. The Labute approximate surface area is 422 Å². The van der Waals surface area contributed by atoms with Gasteiger partial charge in [0.05, 0.1) is 63.1 Å². The number of benzene rings is 1. The summed E-state index contributed by atoms with van der Waals surface area (Å²) in [4.78, 5) is 103. The Balaban J connectivity index is 1.60. The van der Waals surface area contributed by atoms with Gasteiger partial charge in [0, 0.05) is 92.5 Å². The molecule has 3 rings (SSSR count). The normalized spacial score (nSPS) is 18.0. The Hall–Kier alpha value is -5.24. The lowest BCUT2D eigenvalue weighted by molar-refractivity contribution is -0.146. The van der Waals surface area contributed by atoms with Crippen LogP contribution in [0.3, 0.4) is 0 Å². The molecule has 7 amide bonds. The minimum Gasteiger partial charge on any atom is -0.379 e. The molecule has 0 spiro atoms. The van der Waals surface area contributed by atoms with E-state index >= 15 is 0 Å². The largest absolute Gasteiger partial charge is 0.379 e.